The van der Waals surface area contributed by atoms with Crippen LogP contribution in [0.25, 0.3) is 0 Å². The topological polar surface area (TPSA) is 70.2 Å². The highest BCUT2D eigenvalue weighted by Crippen LogP contribution is 2.19. The lowest BCUT2D eigenvalue weighted by atomic mass is 9.92. The first-order valence-electron chi connectivity index (χ1n) is 8.71. The summed E-state index contributed by atoms with van der Waals surface area (Å²) in [4.78, 5) is 24.0. The first-order chi connectivity index (χ1) is 11.3. The molecule has 0 unspecified atom stereocenters. The maximum atomic E-state index is 12.1. The van der Waals surface area contributed by atoms with E-state index in [1.54, 1.807) is 0 Å². The van der Waals surface area contributed by atoms with Crippen LogP contribution >= 0.6 is 12.4 Å². The molecule has 2 rings (SSSR count). The molecule has 3 N–H and O–H groups in total. The van der Waals surface area contributed by atoms with Crippen molar-refractivity contribution in [3.63, 3.8) is 0 Å². The number of piperidine rings is 1. The summed E-state index contributed by atoms with van der Waals surface area (Å²) in [5, 5.41) is 9.26. The molecule has 0 spiro atoms. The minimum Gasteiger partial charge on any atom is -0.352 e. The predicted octanol–water partition coefficient (Wildman–Crippen LogP) is 2.89. The van der Waals surface area contributed by atoms with E-state index >= 15 is 0 Å². The summed E-state index contributed by atoms with van der Waals surface area (Å²) in [7, 11) is 0. The number of amides is 2. The van der Waals surface area contributed by atoms with Crippen molar-refractivity contribution < 1.29 is 9.59 Å². The zero-order valence-electron chi connectivity index (χ0n) is 15.4. The lowest BCUT2D eigenvalue weighted by Crippen LogP contribution is -2.46. The number of benzene rings is 1. The molecule has 25 heavy (non-hydrogen) atoms. The maximum absolute atomic E-state index is 12.1. The maximum Gasteiger partial charge on any atom is 0.224 e. The second-order valence-electron chi connectivity index (χ2n) is 7.77. The molecule has 2 amide bonds. The van der Waals surface area contributed by atoms with Gasteiger partial charge in [-0.05, 0) is 42.5 Å². The fourth-order valence-electron chi connectivity index (χ4n) is 2.83. The van der Waals surface area contributed by atoms with Crippen molar-refractivity contribution in [1.82, 2.24) is 10.6 Å². The Hall–Kier alpha value is -1.59. The fourth-order valence-corrected chi connectivity index (χ4v) is 2.83. The first kappa shape index (κ1) is 21.5. The number of hydrogen-bond donors (Lipinski definition) is 3. The van der Waals surface area contributed by atoms with Crippen LogP contribution in [-0.4, -0.2) is 30.9 Å². The monoisotopic (exact) mass is 367 g/mol. The van der Waals surface area contributed by atoms with Gasteiger partial charge in [-0.25, -0.2) is 0 Å². The van der Waals surface area contributed by atoms with Gasteiger partial charge in [-0.1, -0.05) is 32.9 Å². The Kier molecular flexibility index (Phi) is 8.39. The van der Waals surface area contributed by atoms with Crippen molar-refractivity contribution in [2.45, 2.75) is 52.5 Å². The molecule has 0 radical (unpaired) electrons. The van der Waals surface area contributed by atoms with Crippen molar-refractivity contribution in [1.29, 1.82) is 0 Å². The van der Waals surface area contributed by atoms with E-state index < -0.39 is 0 Å². The lowest BCUT2D eigenvalue weighted by Gasteiger charge is -2.23. The van der Waals surface area contributed by atoms with Gasteiger partial charge in [-0.15, -0.1) is 12.4 Å². The number of carbonyl (C=O) groups is 2. The van der Waals surface area contributed by atoms with E-state index in [9.17, 15) is 9.59 Å². The van der Waals surface area contributed by atoms with E-state index in [1.807, 2.05) is 45.0 Å². The fraction of sp³-hybridized carbons (Fsp3) is 0.579. The first-order valence-corrected chi connectivity index (χ1v) is 8.71. The molecule has 140 valence electrons. The summed E-state index contributed by atoms with van der Waals surface area (Å²) in [5.74, 6) is 0.0611. The normalized spacial score (nSPS) is 17.3. The quantitative estimate of drug-likeness (QED) is 0.749. The van der Waals surface area contributed by atoms with E-state index in [0.29, 0.717) is 12.8 Å². The molecule has 0 aromatic heterocycles. The summed E-state index contributed by atoms with van der Waals surface area (Å²) in [6.07, 6.45) is 2.99. The Morgan fingerprint density at radius 2 is 1.84 bits per heavy atom. The average molecular weight is 368 g/mol. The Bertz CT molecular complexity index is 561. The van der Waals surface area contributed by atoms with Gasteiger partial charge in [-0.2, -0.15) is 0 Å². The van der Waals surface area contributed by atoms with Crippen LogP contribution < -0.4 is 16.0 Å². The molecule has 5 nitrogen and oxygen atoms in total. The van der Waals surface area contributed by atoms with E-state index in [0.717, 1.165) is 37.2 Å². The molecule has 1 aromatic carbocycles. The zero-order valence-corrected chi connectivity index (χ0v) is 16.2. The molecule has 0 aliphatic carbocycles. The Morgan fingerprint density at radius 3 is 2.40 bits per heavy atom. The molecule has 1 aliphatic rings. The largest absolute Gasteiger partial charge is 0.352 e. The van der Waals surface area contributed by atoms with Crippen molar-refractivity contribution in [3.05, 3.63) is 29.8 Å². The van der Waals surface area contributed by atoms with Crippen LogP contribution in [-0.2, 0) is 16.0 Å². The predicted molar refractivity (Wildman–Crippen MR) is 104 cm³/mol. The van der Waals surface area contributed by atoms with Gasteiger partial charge in [0.2, 0.25) is 11.8 Å². The van der Waals surface area contributed by atoms with Crippen molar-refractivity contribution in [2.24, 2.45) is 5.41 Å². The number of halogens is 1. The van der Waals surface area contributed by atoms with Crippen LogP contribution in [0.4, 0.5) is 5.69 Å². The number of anilines is 1. The zero-order chi connectivity index (χ0) is 17.6. The lowest BCUT2D eigenvalue weighted by molar-refractivity contribution is -0.121. The standard InChI is InChI=1S/C19H29N3O2.ClH/c1-19(2,3)12-18(24)21-15-8-6-14(7-9-15)11-17(23)22-16-5-4-10-20-13-16;/h6-9,16,20H,4-5,10-13H2,1-3H3,(H,21,24)(H,22,23);1H/t16-;/m0./s1. The third kappa shape index (κ3) is 8.36. The average Bonchev–Trinajstić information content (AvgIpc) is 2.48. The summed E-state index contributed by atoms with van der Waals surface area (Å²) in [6.45, 7) is 8.00. The highest BCUT2D eigenvalue weighted by atomic mass is 35.5. The molecule has 0 saturated carbocycles. The van der Waals surface area contributed by atoms with Crippen molar-refractivity contribution >= 4 is 29.9 Å². The molecule has 1 aliphatic heterocycles. The molecule has 6 heteroatoms. The van der Waals surface area contributed by atoms with Gasteiger partial charge in [0.1, 0.15) is 0 Å². The number of rotatable bonds is 5. The highest BCUT2D eigenvalue weighted by molar-refractivity contribution is 5.91. The molecule has 1 heterocycles. The third-order valence-electron chi connectivity index (χ3n) is 3.96. The van der Waals surface area contributed by atoms with E-state index in [1.165, 1.54) is 0 Å². The van der Waals surface area contributed by atoms with Crippen LogP contribution in [0.5, 0.6) is 0 Å². The number of carbonyl (C=O) groups excluding carboxylic acids is 2. The molecular weight excluding hydrogens is 338 g/mol. The SMILES string of the molecule is CC(C)(C)CC(=O)Nc1ccc(CC(=O)N[C@H]2CCCNC2)cc1.Cl. The van der Waals surface area contributed by atoms with Gasteiger partial charge in [0, 0.05) is 24.7 Å². The minimum absolute atomic E-state index is 0. The molecular formula is C19H30ClN3O2. The second-order valence-corrected chi connectivity index (χ2v) is 7.77. The molecule has 1 aromatic rings. The van der Waals surface area contributed by atoms with Gasteiger partial charge in [0.05, 0.1) is 6.42 Å². The van der Waals surface area contributed by atoms with Crippen LogP contribution in [0.3, 0.4) is 0 Å². The number of nitrogens with one attached hydrogen (secondary N) is 3. The summed E-state index contributed by atoms with van der Waals surface area (Å²) < 4.78 is 0. The van der Waals surface area contributed by atoms with Gasteiger partial charge in [0.25, 0.3) is 0 Å². The van der Waals surface area contributed by atoms with Crippen LogP contribution in [0.2, 0.25) is 0 Å². The molecule has 1 fully saturated rings. The second kappa shape index (κ2) is 9.78. The number of hydrogen-bond acceptors (Lipinski definition) is 3. The summed E-state index contributed by atoms with van der Waals surface area (Å²) in [6, 6.07) is 7.73. The van der Waals surface area contributed by atoms with E-state index in [4.69, 9.17) is 0 Å². The van der Waals surface area contributed by atoms with Crippen molar-refractivity contribution in [2.75, 3.05) is 18.4 Å². The van der Waals surface area contributed by atoms with Crippen LogP contribution in [0.15, 0.2) is 24.3 Å². The molecule has 0 bridgehead atoms. The molecule has 1 atom stereocenters. The van der Waals surface area contributed by atoms with Crippen LogP contribution in [0, 0.1) is 5.41 Å². The molecule has 1 saturated heterocycles. The van der Waals surface area contributed by atoms with Gasteiger partial charge in [0.15, 0.2) is 0 Å². The summed E-state index contributed by atoms with van der Waals surface area (Å²) >= 11 is 0. The Morgan fingerprint density at radius 1 is 1.16 bits per heavy atom. The summed E-state index contributed by atoms with van der Waals surface area (Å²) in [5.41, 5.74) is 1.69. The third-order valence-corrected chi connectivity index (χ3v) is 3.96. The van der Waals surface area contributed by atoms with E-state index in [-0.39, 0.29) is 35.7 Å². The minimum atomic E-state index is -0.0317. The van der Waals surface area contributed by atoms with Crippen molar-refractivity contribution in [3.8, 4) is 0 Å². The van der Waals surface area contributed by atoms with E-state index in [2.05, 4.69) is 16.0 Å². The Balaban J connectivity index is 0.00000312. The Labute approximate surface area is 156 Å². The van der Waals surface area contributed by atoms with Gasteiger partial charge in [-0.3, -0.25) is 9.59 Å². The van der Waals surface area contributed by atoms with Gasteiger partial charge >= 0.3 is 0 Å². The van der Waals surface area contributed by atoms with Gasteiger partial charge < -0.3 is 16.0 Å². The highest BCUT2D eigenvalue weighted by Gasteiger charge is 2.17. The smallest absolute Gasteiger partial charge is 0.224 e. The van der Waals surface area contributed by atoms with Crippen LogP contribution in [0.1, 0.15) is 45.6 Å².